The van der Waals surface area contributed by atoms with Gasteiger partial charge in [-0.05, 0) is 19.1 Å². The molecule has 1 aromatic carbocycles. The minimum atomic E-state index is 0.129. The van der Waals surface area contributed by atoms with E-state index in [1.165, 1.54) is 0 Å². The van der Waals surface area contributed by atoms with E-state index in [2.05, 4.69) is 4.99 Å². The lowest BCUT2D eigenvalue weighted by molar-refractivity contribution is 0.327. The number of hydrogen-bond acceptors (Lipinski definition) is 3. The highest BCUT2D eigenvalue weighted by Crippen LogP contribution is 2.02. The second kappa shape index (κ2) is 5.76. The van der Waals surface area contributed by atoms with Crippen molar-refractivity contribution < 1.29 is 4.74 Å². The Morgan fingerprint density at radius 1 is 1.43 bits per heavy atom. The Bertz CT molecular complexity index is 338. The molecule has 0 aliphatic heterocycles. The molecule has 0 N–H and O–H groups in total. The molecule has 0 aromatic heterocycles. The minimum Gasteiger partial charge on any atom is -0.478 e. The van der Waals surface area contributed by atoms with Crippen molar-refractivity contribution in [2.45, 2.75) is 6.92 Å². The lowest BCUT2D eigenvalue weighted by atomic mass is 10.2. The fraction of sp³-hybridized carbons (Fsp3) is 0.273. The van der Waals surface area contributed by atoms with Gasteiger partial charge in [-0.2, -0.15) is 5.26 Å². The molecule has 0 saturated heterocycles. The van der Waals surface area contributed by atoms with Crippen LogP contribution in [0.3, 0.4) is 0 Å². The molecular weight excluding hydrogens is 176 g/mol. The lowest BCUT2D eigenvalue weighted by Gasteiger charge is -2.05. The molecule has 3 nitrogen and oxygen atoms in total. The first-order chi connectivity index (χ1) is 6.88. The summed E-state index contributed by atoms with van der Waals surface area (Å²) < 4.78 is 5.33. The Kier molecular flexibility index (Phi) is 4.22. The fourth-order valence-corrected chi connectivity index (χ4v) is 1.04. The summed E-state index contributed by atoms with van der Waals surface area (Å²) in [5.74, 6) is 0.537. The second-order valence-corrected chi connectivity index (χ2v) is 2.58. The largest absolute Gasteiger partial charge is 0.478 e. The third-order valence-electron chi connectivity index (χ3n) is 1.60. The van der Waals surface area contributed by atoms with Crippen LogP contribution in [0.1, 0.15) is 12.5 Å². The molecule has 0 spiro atoms. The van der Waals surface area contributed by atoms with Crippen LogP contribution in [0.4, 0.5) is 0 Å². The van der Waals surface area contributed by atoms with Gasteiger partial charge in [0.2, 0.25) is 5.90 Å². The van der Waals surface area contributed by atoms with Gasteiger partial charge in [0, 0.05) is 5.56 Å². The molecule has 1 rings (SSSR count). The van der Waals surface area contributed by atoms with Gasteiger partial charge >= 0.3 is 0 Å². The first kappa shape index (κ1) is 10.3. The van der Waals surface area contributed by atoms with Crippen LogP contribution < -0.4 is 0 Å². The molecule has 0 heterocycles. The summed E-state index contributed by atoms with van der Waals surface area (Å²) in [4.78, 5) is 4.04. The van der Waals surface area contributed by atoms with Crippen molar-refractivity contribution in [2.24, 2.45) is 4.99 Å². The Hall–Kier alpha value is -1.82. The number of rotatable bonds is 3. The van der Waals surface area contributed by atoms with Crippen molar-refractivity contribution in [1.29, 1.82) is 5.26 Å². The van der Waals surface area contributed by atoms with Crippen LogP contribution in [0, 0.1) is 11.3 Å². The number of hydrogen-bond donors (Lipinski definition) is 0. The zero-order valence-electron chi connectivity index (χ0n) is 8.10. The number of nitriles is 1. The molecule has 0 unspecified atom stereocenters. The van der Waals surface area contributed by atoms with Gasteiger partial charge in [-0.25, -0.2) is 4.99 Å². The molecule has 0 radical (unpaired) electrons. The molecule has 0 aliphatic carbocycles. The first-order valence-electron chi connectivity index (χ1n) is 4.48. The van der Waals surface area contributed by atoms with Gasteiger partial charge in [-0.15, -0.1) is 0 Å². The van der Waals surface area contributed by atoms with E-state index in [4.69, 9.17) is 10.00 Å². The molecule has 0 bridgehead atoms. The first-order valence-corrected chi connectivity index (χ1v) is 4.48. The van der Waals surface area contributed by atoms with Crippen molar-refractivity contribution in [3.8, 4) is 6.07 Å². The van der Waals surface area contributed by atoms with Crippen LogP contribution in [0.15, 0.2) is 35.3 Å². The Labute approximate surface area is 83.7 Å². The van der Waals surface area contributed by atoms with Gasteiger partial charge in [-0.3, -0.25) is 0 Å². The van der Waals surface area contributed by atoms with E-state index < -0.39 is 0 Å². The SMILES string of the molecule is CCOC(=NCC#N)c1ccccc1. The predicted octanol–water partition coefficient (Wildman–Crippen LogP) is 1.99. The van der Waals surface area contributed by atoms with Gasteiger partial charge in [0.05, 0.1) is 12.7 Å². The van der Waals surface area contributed by atoms with Crippen LogP contribution in [0.5, 0.6) is 0 Å². The van der Waals surface area contributed by atoms with E-state index in [0.29, 0.717) is 12.5 Å². The van der Waals surface area contributed by atoms with Gasteiger partial charge in [0.15, 0.2) is 0 Å². The summed E-state index contributed by atoms with van der Waals surface area (Å²) in [6.07, 6.45) is 0. The molecular formula is C11H12N2O. The second-order valence-electron chi connectivity index (χ2n) is 2.58. The Morgan fingerprint density at radius 3 is 2.71 bits per heavy atom. The quantitative estimate of drug-likeness (QED) is 0.413. The maximum atomic E-state index is 8.42. The molecule has 0 fully saturated rings. The third-order valence-corrected chi connectivity index (χ3v) is 1.60. The monoisotopic (exact) mass is 188 g/mol. The van der Waals surface area contributed by atoms with E-state index >= 15 is 0 Å². The third kappa shape index (κ3) is 2.91. The van der Waals surface area contributed by atoms with E-state index in [-0.39, 0.29) is 6.54 Å². The maximum absolute atomic E-state index is 8.42. The number of nitrogens with zero attached hydrogens (tertiary/aromatic N) is 2. The number of benzene rings is 1. The van der Waals surface area contributed by atoms with Gasteiger partial charge in [0.25, 0.3) is 0 Å². The van der Waals surface area contributed by atoms with Crippen LogP contribution in [0.2, 0.25) is 0 Å². The molecule has 1 aromatic rings. The van der Waals surface area contributed by atoms with Gasteiger partial charge < -0.3 is 4.74 Å². The minimum absolute atomic E-state index is 0.129. The maximum Gasteiger partial charge on any atom is 0.217 e. The van der Waals surface area contributed by atoms with Crippen LogP contribution in [-0.4, -0.2) is 19.0 Å². The molecule has 72 valence electrons. The van der Waals surface area contributed by atoms with Crippen molar-refractivity contribution in [2.75, 3.05) is 13.2 Å². The summed E-state index contributed by atoms with van der Waals surface area (Å²) in [5.41, 5.74) is 0.907. The molecule has 0 amide bonds. The normalized spacial score (nSPS) is 10.7. The lowest BCUT2D eigenvalue weighted by Crippen LogP contribution is -2.07. The Balaban J connectivity index is 2.84. The molecule has 3 heteroatoms. The van der Waals surface area contributed by atoms with Crippen molar-refractivity contribution >= 4 is 5.90 Å². The highest BCUT2D eigenvalue weighted by Gasteiger charge is 2.01. The summed E-state index contributed by atoms with van der Waals surface area (Å²) in [6.45, 7) is 2.58. The van der Waals surface area contributed by atoms with Gasteiger partial charge in [0.1, 0.15) is 6.54 Å². The van der Waals surface area contributed by atoms with E-state index in [1.54, 1.807) is 0 Å². The average molecular weight is 188 g/mol. The Morgan fingerprint density at radius 2 is 2.14 bits per heavy atom. The van der Waals surface area contributed by atoms with E-state index in [0.717, 1.165) is 5.56 Å². The summed E-state index contributed by atoms with van der Waals surface area (Å²) in [5, 5.41) is 8.42. The van der Waals surface area contributed by atoms with E-state index in [9.17, 15) is 0 Å². The zero-order valence-corrected chi connectivity index (χ0v) is 8.10. The zero-order chi connectivity index (χ0) is 10.2. The molecule has 0 aliphatic rings. The van der Waals surface area contributed by atoms with Crippen molar-refractivity contribution in [3.63, 3.8) is 0 Å². The highest BCUT2D eigenvalue weighted by atomic mass is 16.5. The summed E-state index contributed by atoms with van der Waals surface area (Å²) in [7, 11) is 0. The predicted molar refractivity (Wildman–Crippen MR) is 55.1 cm³/mol. The number of ether oxygens (including phenoxy) is 1. The summed E-state index contributed by atoms with van der Waals surface area (Å²) in [6, 6.07) is 11.5. The standard InChI is InChI=1S/C11H12N2O/c1-2-14-11(13-9-8-12)10-6-4-3-5-7-10/h3-7H,2,9H2,1H3. The molecule has 14 heavy (non-hydrogen) atoms. The topological polar surface area (TPSA) is 45.4 Å². The summed E-state index contributed by atoms with van der Waals surface area (Å²) >= 11 is 0. The van der Waals surface area contributed by atoms with Crippen LogP contribution in [-0.2, 0) is 4.74 Å². The smallest absolute Gasteiger partial charge is 0.217 e. The van der Waals surface area contributed by atoms with Crippen LogP contribution >= 0.6 is 0 Å². The van der Waals surface area contributed by atoms with Crippen LogP contribution in [0.25, 0.3) is 0 Å². The molecule has 0 saturated carbocycles. The van der Waals surface area contributed by atoms with Gasteiger partial charge in [-0.1, -0.05) is 18.2 Å². The number of aliphatic imine (C=N–C) groups is 1. The highest BCUT2D eigenvalue weighted by molar-refractivity contribution is 5.94. The fourth-order valence-electron chi connectivity index (χ4n) is 1.04. The average Bonchev–Trinajstić information content (AvgIpc) is 2.25. The van der Waals surface area contributed by atoms with Crippen molar-refractivity contribution in [1.82, 2.24) is 0 Å². The van der Waals surface area contributed by atoms with E-state index in [1.807, 2.05) is 43.3 Å². The van der Waals surface area contributed by atoms with Crippen molar-refractivity contribution in [3.05, 3.63) is 35.9 Å². The molecule has 0 atom stereocenters.